The molecule has 1 heterocycles. The maximum atomic E-state index is 10.3. The fourth-order valence-electron chi connectivity index (χ4n) is 1.54. The van der Waals surface area contributed by atoms with Crippen LogP contribution in [0.15, 0.2) is 34.8 Å². The molecule has 0 aliphatic rings. The first-order valence-electron chi connectivity index (χ1n) is 4.89. The summed E-state index contributed by atoms with van der Waals surface area (Å²) in [6, 6.07) is 9.22. The highest BCUT2D eigenvalue weighted by Crippen LogP contribution is 2.39. The van der Waals surface area contributed by atoms with E-state index in [1.165, 1.54) is 11.3 Å². The third-order valence-corrected chi connectivity index (χ3v) is 4.89. The van der Waals surface area contributed by atoms with E-state index in [1.807, 2.05) is 30.3 Å². The van der Waals surface area contributed by atoms with Crippen molar-refractivity contribution in [2.45, 2.75) is 6.10 Å². The highest BCUT2D eigenvalue weighted by Gasteiger charge is 2.18. The number of para-hydroxylation sites is 1. The van der Waals surface area contributed by atoms with Crippen LogP contribution in [0.4, 0.5) is 0 Å². The molecule has 2 nitrogen and oxygen atoms in total. The summed E-state index contributed by atoms with van der Waals surface area (Å²) in [5.41, 5.74) is 0.736. The summed E-state index contributed by atoms with van der Waals surface area (Å²) in [6.07, 6.45) is -0.722. The Morgan fingerprint density at radius 1 is 1.41 bits per heavy atom. The van der Waals surface area contributed by atoms with Crippen LogP contribution in [-0.4, -0.2) is 12.2 Å². The van der Waals surface area contributed by atoms with Gasteiger partial charge in [-0.1, -0.05) is 29.8 Å². The molecular weight excluding hydrogens is 324 g/mol. The molecule has 1 atom stereocenters. The van der Waals surface area contributed by atoms with Crippen molar-refractivity contribution >= 4 is 38.9 Å². The number of thiophene rings is 1. The van der Waals surface area contributed by atoms with Crippen molar-refractivity contribution in [2.24, 2.45) is 0 Å². The molecule has 0 radical (unpaired) electrons. The van der Waals surface area contributed by atoms with Crippen LogP contribution in [0.3, 0.4) is 0 Å². The fourth-order valence-corrected chi connectivity index (χ4v) is 3.29. The second kappa shape index (κ2) is 5.40. The largest absolute Gasteiger partial charge is 0.496 e. The number of ether oxygens (including phenoxy) is 1. The molecule has 0 bridgehead atoms. The molecule has 1 N–H and O–H groups in total. The average Bonchev–Trinajstić information content (AvgIpc) is 2.68. The summed E-state index contributed by atoms with van der Waals surface area (Å²) < 4.78 is 6.66. The van der Waals surface area contributed by atoms with Crippen molar-refractivity contribution in [3.05, 3.63) is 49.6 Å². The van der Waals surface area contributed by atoms with Gasteiger partial charge >= 0.3 is 0 Å². The number of aliphatic hydroxyl groups is 1. The molecule has 90 valence electrons. The second-order valence-corrected chi connectivity index (χ2v) is 5.96. The normalized spacial score (nSPS) is 12.5. The van der Waals surface area contributed by atoms with Crippen LogP contribution in [0.1, 0.15) is 16.5 Å². The molecule has 0 spiro atoms. The summed E-state index contributed by atoms with van der Waals surface area (Å²) in [5.74, 6) is 0.667. The Labute approximate surface area is 117 Å². The first-order valence-corrected chi connectivity index (χ1v) is 6.88. The van der Waals surface area contributed by atoms with E-state index in [2.05, 4.69) is 15.9 Å². The number of benzene rings is 1. The van der Waals surface area contributed by atoms with Crippen LogP contribution >= 0.6 is 38.9 Å². The van der Waals surface area contributed by atoms with Gasteiger partial charge in [0, 0.05) is 14.9 Å². The lowest BCUT2D eigenvalue weighted by molar-refractivity contribution is 0.218. The third kappa shape index (κ3) is 2.65. The Morgan fingerprint density at radius 3 is 2.71 bits per heavy atom. The first-order chi connectivity index (χ1) is 8.13. The Bertz CT molecular complexity index is 507. The SMILES string of the molecule is COc1ccccc1C(O)c1cc(Br)c(Cl)s1. The van der Waals surface area contributed by atoms with Gasteiger partial charge in [-0.25, -0.2) is 0 Å². The number of methoxy groups -OCH3 is 1. The Hall–Kier alpha value is -0.550. The maximum absolute atomic E-state index is 10.3. The number of aliphatic hydroxyl groups excluding tert-OH is 1. The zero-order valence-electron chi connectivity index (χ0n) is 8.98. The van der Waals surface area contributed by atoms with Gasteiger partial charge in [0.15, 0.2) is 0 Å². The van der Waals surface area contributed by atoms with Gasteiger partial charge in [0.2, 0.25) is 0 Å². The molecule has 2 aromatic rings. The predicted octanol–water partition coefficient (Wildman–Crippen LogP) is 4.25. The monoisotopic (exact) mass is 332 g/mol. The van der Waals surface area contributed by atoms with Crippen molar-refractivity contribution in [2.75, 3.05) is 7.11 Å². The number of halogens is 2. The smallest absolute Gasteiger partial charge is 0.125 e. The molecule has 0 amide bonds. The molecule has 0 fully saturated rings. The van der Waals surface area contributed by atoms with Crippen LogP contribution < -0.4 is 4.74 Å². The standard InChI is InChI=1S/C12H10BrClO2S/c1-16-9-5-3-2-4-7(9)11(15)10-6-8(13)12(14)17-10/h2-6,11,15H,1H3. The third-order valence-electron chi connectivity index (χ3n) is 2.37. The highest BCUT2D eigenvalue weighted by molar-refractivity contribution is 9.10. The van der Waals surface area contributed by atoms with E-state index >= 15 is 0 Å². The van der Waals surface area contributed by atoms with Gasteiger partial charge in [-0.2, -0.15) is 0 Å². The van der Waals surface area contributed by atoms with Gasteiger partial charge in [0.05, 0.1) is 7.11 Å². The molecule has 1 aromatic heterocycles. The van der Waals surface area contributed by atoms with E-state index in [1.54, 1.807) is 7.11 Å². The minimum Gasteiger partial charge on any atom is -0.496 e. The molecular formula is C12H10BrClO2S. The van der Waals surface area contributed by atoms with E-state index in [4.69, 9.17) is 16.3 Å². The molecule has 0 saturated carbocycles. The van der Waals surface area contributed by atoms with Gasteiger partial charge < -0.3 is 9.84 Å². The van der Waals surface area contributed by atoms with Gasteiger partial charge in [0.25, 0.3) is 0 Å². The summed E-state index contributed by atoms with van der Waals surface area (Å²) in [6.45, 7) is 0. The summed E-state index contributed by atoms with van der Waals surface area (Å²) in [5, 5.41) is 10.3. The van der Waals surface area contributed by atoms with Crippen LogP contribution in [0.25, 0.3) is 0 Å². The number of hydrogen-bond acceptors (Lipinski definition) is 3. The van der Waals surface area contributed by atoms with Crippen molar-refractivity contribution in [3.63, 3.8) is 0 Å². The first kappa shape index (κ1) is 12.9. The zero-order chi connectivity index (χ0) is 12.4. The van der Waals surface area contributed by atoms with Gasteiger partial charge in [-0.05, 0) is 28.1 Å². The predicted molar refractivity (Wildman–Crippen MR) is 74.1 cm³/mol. The Morgan fingerprint density at radius 2 is 2.12 bits per heavy atom. The van der Waals surface area contributed by atoms with E-state index < -0.39 is 6.10 Å². The Balaban J connectivity index is 2.39. The fraction of sp³-hybridized carbons (Fsp3) is 0.167. The molecule has 0 aliphatic carbocycles. The van der Waals surface area contributed by atoms with E-state index in [9.17, 15) is 5.11 Å². The van der Waals surface area contributed by atoms with Crippen molar-refractivity contribution in [1.29, 1.82) is 0 Å². The molecule has 5 heteroatoms. The highest BCUT2D eigenvalue weighted by atomic mass is 79.9. The maximum Gasteiger partial charge on any atom is 0.125 e. The van der Waals surface area contributed by atoms with Crippen LogP contribution in [-0.2, 0) is 0 Å². The van der Waals surface area contributed by atoms with Crippen molar-refractivity contribution in [1.82, 2.24) is 0 Å². The lowest BCUT2D eigenvalue weighted by Gasteiger charge is -2.12. The summed E-state index contributed by atoms with van der Waals surface area (Å²) in [4.78, 5) is 0.784. The van der Waals surface area contributed by atoms with Crippen LogP contribution in [0.5, 0.6) is 5.75 Å². The summed E-state index contributed by atoms with van der Waals surface area (Å²) >= 11 is 10.6. The van der Waals surface area contributed by atoms with Crippen LogP contribution in [0, 0.1) is 0 Å². The van der Waals surface area contributed by atoms with Crippen LogP contribution in [0.2, 0.25) is 4.34 Å². The molecule has 0 saturated heterocycles. The summed E-state index contributed by atoms with van der Waals surface area (Å²) in [7, 11) is 1.59. The minimum absolute atomic E-state index is 0.633. The Kier molecular flexibility index (Phi) is 4.09. The molecule has 0 aliphatic heterocycles. The molecule has 1 aromatic carbocycles. The average molecular weight is 334 g/mol. The van der Waals surface area contributed by atoms with Gasteiger partial charge in [-0.3, -0.25) is 0 Å². The minimum atomic E-state index is -0.722. The van der Waals surface area contributed by atoms with E-state index in [-0.39, 0.29) is 0 Å². The molecule has 1 unspecified atom stereocenters. The van der Waals surface area contributed by atoms with Crippen molar-refractivity contribution in [3.8, 4) is 5.75 Å². The van der Waals surface area contributed by atoms with Gasteiger partial charge in [-0.15, -0.1) is 11.3 Å². The van der Waals surface area contributed by atoms with E-state index in [0.717, 1.165) is 14.9 Å². The van der Waals surface area contributed by atoms with E-state index in [0.29, 0.717) is 10.1 Å². The topological polar surface area (TPSA) is 29.5 Å². The molecule has 17 heavy (non-hydrogen) atoms. The molecule has 2 rings (SSSR count). The number of rotatable bonds is 3. The zero-order valence-corrected chi connectivity index (χ0v) is 12.1. The number of hydrogen-bond donors (Lipinski definition) is 1. The lowest BCUT2D eigenvalue weighted by Crippen LogP contribution is -2.00. The van der Waals surface area contributed by atoms with Gasteiger partial charge in [0.1, 0.15) is 16.2 Å². The van der Waals surface area contributed by atoms with Crippen molar-refractivity contribution < 1.29 is 9.84 Å². The lowest BCUT2D eigenvalue weighted by atomic mass is 10.1. The quantitative estimate of drug-likeness (QED) is 0.909. The second-order valence-electron chi connectivity index (χ2n) is 3.41.